The standard InChI is InChI=1S/C6H11F3NO2S/c1-5(2,3)4-10-13(11,12)6(7,8)9/h10H,1,4H2,2-3H3. The van der Waals surface area contributed by atoms with Crippen molar-refractivity contribution in [3.8, 4) is 0 Å². The van der Waals surface area contributed by atoms with Crippen LogP contribution in [0.25, 0.3) is 0 Å². The molecule has 0 aliphatic carbocycles. The molecule has 0 spiro atoms. The third kappa shape index (κ3) is 4.47. The topological polar surface area (TPSA) is 46.2 Å². The van der Waals surface area contributed by atoms with Crippen LogP contribution < -0.4 is 4.72 Å². The Morgan fingerprint density at radius 3 is 1.92 bits per heavy atom. The van der Waals surface area contributed by atoms with E-state index in [1.54, 1.807) is 0 Å². The summed E-state index contributed by atoms with van der Waals surface area (Å²) in [4.78, 5) is 0. The fourth-order valence-electron chi connectivity index (χ4n) is 0.372. The van der Waals surface area contributed by atoms with Crippen molar-refractivity contribution in [3.05, 3.63) is 6.92 Å². The van der Waals surface area contributed by atoms with Gasteiger partial charge in [-0.3, -0.25) is 0 Å². The number of nitrogens with one attached hydrogen (secondary N) is 1. The molecule has 0 aliphatic heterocycles. The first-order valence-electron chi connectivity index (χ1n) is 3.37. The second-order valence-electron chi connectivity index (χ2n) is 3.43. The van der Waals surface area contributed by atoms with E-state index >= 15 is 0 Å². The summed E-state index contributed by atoms with van der Waals surface area (Å²) in [6.07, 6.45) is 0. The Morgan fingerprint density at radius 2 is 1.69 bits per heavy atom. The normalized spacial score (nSPS) is 14.6. The monoisotopic (exact) mass is 218 g/mol. The molecule has 0 fully saturated rings. The van der Waals surface area contributed by atoms with Crippen molar-refractivity contribution >= 4 is 10.0 Å². The summed E-state index contributed by atoms with van der Waals surface area (Å²) in [5, 5.41) is 0. The molecule has 0 atom stereocenters. The highest BCUT2D eigenvalue weighted by Gasteiger charge is 2.45. The molecule has 0 aliphatic rings. The molecule has 1 radical (unpaired) electrons. The smallest absolute Gasteiger partial charge is 0.207 e. The maximum atomic E-state index is 11.7. The molecule has 0 amide bonds. The van der Waals surface area contributed by atoms with Gasteiger partial charge in [0.05, 0.1) is 0 Å². The van der Waals surface area contributed by atoms with Crippen LogP contribution in [0, 0.1) is 12.3 Å². The fraction of sp³-hybridized carbons (Fsp3) is 0.833. The summed E-state index contributed by atoms with van der Waals surface area (Å²) >= 11 is 0. The van der Waals surface area contributed by atoms with E-state index in [9.17, 15) is 21.6 Å². The van der Waals surface area contributed by atoms with Crippen molar-refractivity contribution in [1.29, 1.82) is 0 Å². The van der Waals surface area contributed by atoms with E-state index in [-0.39, 0.29) is 6.54 Å². The summed E-state index contributed by atoms with van der Waals surface area (Å²) in [6, 6.07) is 0. The molecule has 0 aromatic carbocycles. The highest BCUT2D eigenvalue weighted by molar-refractivity contribution is 7.90. The highest BCUT2D eigenvalue weighted by atomic mass is 32.2. The van der Waals surface area contributed by atoms with Crippen molar-refractivity contribution in [2.75, 3.05) is 6.54 Å². The zero-order valence-corrected chi connectivity index (χ0v) is 8.09. The largest absolute Gasteiger partial charge is 0.511 e. The molecule has 0 aromatic heterocycles. The predicted octanol–water partition coefficient (Wildman–Crippen LogP) is 1.29. The van der Waals surface area contributed by atoms with Crippen LogP contribution in [-0.4, -0.2) is 20.5 Å². The lowest BCUT2D eigenvalue weighted by Gasteiger charge is -2.19. The molecule has 3 nitrogen and oxygen atoms in total. The van der Waals surface area contributed by atoms with Gasteiger partial charge in [0.25, 0.3) is 0 Å². The second kappa shape index (κ2) is 3.45. The molecule has 79 valence electrons. The SMILES string of the molecule is [CH2]C(C)(C)CNS(=O)(=O)C(F)(F)F. The Kier molecular flexibility index (Phi) is 3.37. The van der Waals surface area contributed by atoms with Gasteiger partial charge in [0.2, 0.25) is 0 Å². The third-order valence-corrected chi connectivity index (χ3v) is 2.18. The predicted molar refractivity (Wildman–Crippen MR) is 42.1 cm³/mol. The lowest BCUT2D eigenvalue weighted by atomic mass is 9.98. The van der Waals surface area contributed by atoms with Crippen molar-refractivity contribution in [1.82, 2.24) is 4.72 Å². The van der Waals surface area contributed by atoms with E-state index in [0.717, 1.165) is 0 Å². The van der Waals surface area contributed by atoms with E-state index in [0.29, 0.717) is 0 Å². The van der Waals surface area contributed by atoms with Gasteiger partial charge in [-0.1, -0.05) is 13.8 Å². The summed E-state index contributed by atoms with van der Waals surface area (Å²) in [5.41, 5.74) is -6.02. The average molecular weight is 218 g/mol. The quantitative estimate of drug-likeness (QED) is 0.775. The van der Waals surface area contributed by atoms with Gasteiger partial charge in [-0.2, -0.15) is 13.2 Å². The van der Waals surface area contributed by atoms with Gasteiger partial charge in [-0.05, 0) is 12.3 Å². The molecule has 13 heavy (non-hydrogen) atoms. The van der Waals surface area contributed by atoms with Gasteiger partial charge in [0, 0.05) is 6.54 Å². The molecular formula is C6H11F3NO2S. The van der Waals surface area contributed by atoms with Crippen LogP contribution in [-0.2, 0) is 10.0 Å². The number of sulfonamides is 1. The first-order chi connectivity index (χ1) is 5.46. The zero-order valence-electron chi connectivity index (χ0n) is 7.27. The Labute approximate surface area is 75.4 Å². The molecule has 0 unspecified atom stereocenters. The summed E-state index contributed by atoms with van der Waals surface area (Å²) in [5.74, 6) is 0. The maximum absolute atomic E-state index is 11.7. The number of hydrogen-bond donors (Lipinski definition) is 1. The third-order valence-electron chi connectivity index (χ3n) is 1.05. The minimum absolute atomic E-state index is 0.352. The number of alkyl halides is 3. The molecule has 7 heteroatoms. The number of rotatable bonds is 3. The van der Waals surface area contributed by atoms with Crippen molar-refractivity contribution in [2.24, 2.45) is 5.41 Å². The van der Waals surface area contributed by atoms with E-state index in [2.05, 4.69) is 6.92 Å². The van der Waals surface area contributed by atoms with Crippen LogP contribution in [0.2, 0.25) is 0 Å². The summed E-state index contributed by atoms with van der Waals surface area (Å²) in [7, 11) is -5.22. The first-order valence-corrected chi connectivity index (χ1v) is 4.85. The lowest BCUT2D eigenvalue weighted by molar-refractivity contribution is -0.0449. The van der Waals surface area contributed by atoms with Gasteiger partial charge < -0.3 is 0 Å². The van der Waals surface area contributed by atoms with Crippen LogP contribution in [0.15, 0.2) is 0 Å². The first kappa shape index (κ1) is 12.7. The van der Waals surface area contributed by atoms with Crippen molar-refractivity contribution in [3.63, 3.8) is 0 Å². The van der Waals surface area contributed by atoms with E-state index in [1.165, 1.54) is 18.6 Å². The maximum Gasteiger partial charge on any atom is 0.511 e. The molecule has 0 bridgehead atoms. The Hall–Kier alpha value is -0.300. The fourth-order valence-corrected chi connectivity index (χ4v) is 1.12. The number of hydrogen-bond acceptors (Lipinski definition) is 2. The summed E-state index contributed by atoms with van der Waals surface area (Å²) < 4.78 is 57.5. The van der Waals surface area contributed by atoms with E-state index in [4.69, 9.17) is 0 Å². The van der Waals surface area contributed by atoms with Crippen LogP contribution in [0.3, 0.4) is 0 Å². The van der Waals surface area contributed by atoms with Gasteiger partial charge in [-0.15, -0.1) is 0 Å². The molecule has 0 aromatic rings. The minimum Gasteiger partial charge on any atom is -0.207 e. The Morgan fingerprint density at radius 1 is 1.31 bits per heavy atom. The molecule has 0 saturated carbocycles. The Bertz CT molecular complexity index is 263. The zero-order chi connectivity index (χ0) is 10.9. The van der Waals surface area contributed by atoms with E-state index in [1.807, 2.05) is 0 Å². The number of halogens is 3. The highest BCUT2D eigenvalue weighted by Crippen LogP contribution is 2.22. The van der Waals surface area contributed by atoms with Gasteiger partial charge in [0.15, 0.2) is 0 Å². The van der Waals surface area contributed by atoms with Crippen molar-refractivity contribution in [2.45, 2.75) is 19.4 Å². The van der Waals surface area contributed by atoms with E-state index < -0.39 is 20.9 Å². The molecule has 0 heterocycles. The molecule has 0 rings (SSSR count). The molecule has 0 saturated heterocycles. The van der Waals surface area contributed by atoms with Crippen LogP contribution >= 0.6 is 0 Å². The van der Waals surface area contributed by atoms with Gasteiger partial charge >= 0.3 is 15.5 Å². The van der Waals surface area contributed by atoms with Crippen LogP contribution in [0.1, 0.15) is 13.8 Å². The Balaban J connectivity index is 4.40. The van der Waals surface area contributed by atoms with Crippen LogP contribution in [0.5, 0.6) is 0 Å². The molecular weight excluding hydrogens is 207 g/mol. The average Bonchev–Trinajstić information content (AvgIpc) is 1.79. The van der Waals surface area contributed by atoms with Gasteiger partial charge in [0.1, 0.15) is 0 Å². The van der Waals surface area contributed by atoms with Gasteiger partial charge in [-0.25, -0.2) is 13.1 Å². The lowest BCUT2D eigenvalue weighted by Crippen LogP contribution is -2.40. The minimum atomic E-state index is -5.25. The van der Waals surface area contributed by atoms with Crippen LogP contribution in [0.4, 0.5) is 13.2 Å². The summed E-state index contributed by atoms with van der Waals surface area (Å²) in [6.45, 7) is 6.15. The molecule has 1 N–H and O–H groups in total. The second-order valence-corrected chi connectivity index (χ2v) is 5.19. The van der Waals surface area contributed by atoms with Crippen molar-refractivity contribution < 1.29 is 21.6 Å².